The number of amides is 1. The average Bonchev–Trinajstić information content (AvgIpc) is 2.90. The monoisotopic (exact) mass is 507 g/mol. The molecule has 36 heavy (non-hydrogen) atoms. The van der Waals surface area contributed by atoms with Crippen LogP contribution in [0.4, 0.5) is 5.82 Å². The first-order chi connectivity index (χ1) is 17.3. The van der Waals surface area contributed by atoms with Gasteiger partial charge in [-0.3, -0.25) is 14.8 Å². The minimum Gasteiger partial charge on any atom is -0.480 e. The van der Waals surface area contributed by atoms with E-state index in [4.69, 9.17) is 16.3 Å². The number of nitrogens with zero attached hydrogens (tertiary/aromatic N) is 3. The Hall–Kier alpha value is -2.81. The predicted molar refractivity (Wildman–Crippen MR) is 137 cm³/mol. The van der Waals surface area contributed by atoms with Crippen molar-refractivity contribution >= 4 is 34.4 Å². The number of aliphatic hydroxyl groups is 1. The summed E-state index contributed by atoms with van der Waals surface area (Å²) in [6, 6.07) is 7.71. The number of halogens is 1. The van der Waals surface area contributed by atoms with Crippen LogP contribution in [-0.2, 0) is 17.8 Å². The molecular weight excluding hydrogens is 478 g/mol. The van der Waals surface area contributed by atoms with Crippen molar-refractivity contribution in [3.63, 3.8) is 0 Å². The maximum absolute atomic E-state index is 11.6. The van der Waals surface area contributed by atoms with Gasteiger partial charge in [0, 0.05) is 36.0 Å². The molecule has 8 nitrogen and oxygen atoms in total. The molecule has 0 radical (unpaired) electrons. The zero-order valence-electron chi connectivity index (χ0n) is 20.3. The summed E-state index contributed by atoms with van der Waals surface area (Å²) in [7, 11) is 0. The number of nitrogens with one attached hydrogen (secondary N) is 2. The van der Waals surface area contributed by atoms with Gasteiger partial charge >= 0.3 is 0 Å². The normalized spacial score (nSPS) is 25.8. The van der Waals surface area contributed by atoms with Crippen LogP contribution in [0.3, 0.4) is 0 Å². The molecule has 1 unspecified atom stereocenters. The highest BCUT2D eigenvalue weighted by atomic mass is 35.5. The first kappa shape index (κ1) is 23.6. The quantitative estimate of drug-likeness (QED) is 0.460. The van der Waals surface area contributed by atoms with Crippen LogP contribution in [0.2, 0.25) is 5.02 Å². The van der Waals surface area contributed by atoms with Gasteiger partial charge in [-0.25, -0.2) is 4.98 Å². The molecule has 4 heterocycles. The van der Waals surface area contributed by atoms with Gasteiger partial charge in [0.1, 0.15) is 0 Å². The van der Waals surface area contributed by atoms with Crippen molar-refractivity contribution in [2.45, 2.75) is 70.1 Å². The Morgan fingerprint density at radius 3 is 2.69 bits per heavy atom. The number of aromatic nitrogens is 3. The second-order valence-corrected chi connectivity index (χ2v) is 11.0. The summed E-state index contributed by atoms with van der Waals surface area (Å²) in [5.41, 5.74) is 4.23. The third-order valence-electron chi connectivity index (χ3n) is 8.49. The van der Waals surface area contributed by atoms with Crippen LogP contribution in [0.25, 0.3) is 11.0 Å². The van der Waals surface area contributed by atoms with Crippen LogP contribution in [0.1, 0.15) is 55.5 Å². The van der Waals surface area contributed by atoms with Crippen LogP contribution < -0.4 is 15.4 Å². The predicted octanol–water partition coefficient (Wildman–Crippen LogP) is 4.10. The van der Waals surface area contributed by atoms with E-state index in [2.05, 4.69) is 25.6 Å². The molecule has 2 bridgehead atoms. The Balaban J connectivity index is 1.13. The van der Waals surface area contributed by atoms with Gasteiger partial charge in [0.2, 0.25) is 0 Å². The number of carbonyl (C=O) groups excluding carboxylic acids is 1. The number of fused-ring (bicyclic) bond motifs is 5. The van der Waals surface area contributed by atoms with E-state index in [-0.39, 0.29) is 23.5 Å². The summed E-state index contributed by atoms with van der Waals surface area (Å²) < 4.78 is 5.41. The number of rotatable bonds is 6. The molecule has 1 amide bonds. The first-order valence-electron chi connectivity index (χ1n) is 12.6. The molecular formula is C27H30ClN5O3. The smallest absolute Gasteiger partial charge is 0.263 e. The molecule has 1 atom stereocenters. The van der Waals surface area contributed by atoms with Crippen LogP contribution in [-0.4, -0.2) is 44.2 Å². The molecule has 188 valence electrons. The lowest BCUT2D eigenvalue weighted by Crippen LogP contribution is -2.57. The van der Waals surface area contributed by atoms with E-state index in [1.165, 1.54) is 0 Å². The van der Waals surface area contributed by atoms with Gasteiger partial charge in [0.15, 0.2) is 18.2 Å². The third kappa shape index (κ3) is 4.21. The Morgan fingerprint density at radius 1 is 1.14 bits per heavy atom. The summed E-state index contributed by atoms with van der Waals surface area (Å²) >= 11 is 6.55. The van der Waals surface area contributed by atoms with Gasteiger partial charge < -0.3 is 20.5 Å². The van der Waals surface area contributed by atoms with Gasteiger partial charge in [-0.05, 0) is 75.1 Å². The maximum atomic E-state index is 11.6. The van der Waals surface area contributed by atoms with Gasteiger partial charge in [-0.1, -0.05) is 11.6 Å². The van der Waals surface area contributed by atoms with Crippen LogP contribution in [0.5, 0.6) is 5.75 Å². The molecule has 9 heteroatoms. The average molecular weight is 508 g/mol. The number of anilines is 1. The van der Waals surface area contributed by atoms with E-state index >= 15 is 0 Å². The fourth-order valence-electron chi connectivity index (χ4n) is 6.16. The number of aryl methyl sites for hydroxylation is 1. The number of hydrogen-bond acceptors (Lipinski definition) is 7. The fraction of sp³-hybridized carbons (Fsp3) is 0.481. The highest BCUT2D eigenvalue weighted by Gasteiger charge is 2.51. The minimum atomic E-state index is -0.480. The summed E-state index contributed by atoms with van der Waals surface area (Å²) in [6.45, 7) is 2.61. The van der Waals surface area contributed by atoms with Crippen LogP contribution >= 0.6 is 11.6 Å². The Labute approximate surface area is 214 Å². The zero-order valence-corrected chi connectivity index (χ0v) is 21.1. The number of ether oxygens (including phenoxy) is 1. The standard InChI is InChI=1S/C27H30ClN5O3/c1-16-2-4-20-24(31-16)18(19(28)14-29-20)12-22(34)26-6-9-27(10-7-26,11-8-26)30-13-17-3-5-21-25(32-17)33-23(35)15-36-21/h2-5,14,22,30,34H,6-13,15H2,1H3,(H,32,33,35). The van der Waals surface area contributed by atoms with E-state index in [0.29, 0.717) is 29.6 Å². The maximum Gasteiger partial charge on any atom is 0.263 e. The molecule has 1 aliphatic heterocycles. The molecule has 0 saturated heterocycles. The van der Waals surface area contributed by atoms with E-state index in [1.807, 2.05) is 31.2 Å². The van der Waals surface area contributed by atoms with Crippen molar-refractivity contribution in [3.05, 3.63) is 52.4 Å². The van der Waals surface area contributed by atoms with E-state index in [9.17, 15) is 9.90 Å². The van der Waals surface area contributed by atoms with E-state index < -0.39 is 6.10 Å². The van der Waals surface area contributed by atoms with Crippen molar-refractivity contribution in [1.82, 2.24) is 20.3 Å². The Kier molecular flexibility index (Phi) is 5.85. The lowest BCUT2D eigenvalue weighted by Gasteiger charge is -2.55. The lowest BCUT2D eigenvalue weighted by atomic mass is 9.54. The molecule has 7 rings (SSSR count). The highest BCUT2D eigenvalue weighted by Crippen LogP contribution is 2.55. The molecule has 3 aromatic rings. The van der Waals surface area contributed by atoms with Crippen LogP contribution in [0.15, 0.2) is 30.5 Å². The molecule has 3 N–H and O–H groups in total. The number of pyridine rings is 3. The molecule has 4 aliphatic rings. The molecule has 0 aromatic carbocycles. The van der Waals surface area contributed by atoms with Gasteiger partial charge in [0.25, 0.3) is 5.91 Å². The second kappa shape index (κ2) is 8.94. The summed E-state index contributed by atoms with van der Waals surface area (Å²) in [6.07, 6.45) is 7.62. The summed E-state index contributed by atoms with van der Waals surface area (Å²) in [5, 5.41) is 18.6. The van der Waals surface area contributed by atoms with Crippen molar-refractivity contribution in [3.8, 4) is 5.75 Å². The number of aliphatic hydroxyl groups excluding tert-OH is 1. The third-order valence-corrected chi connectivity index (χ3v) is 8.82. The Bertz CT molecular complexity index is 1320. The summed E-state index contributed by atoms with van der Waals surface area (Å²) in [5.74, 6) is 0.919. The molecule has 3 fully saturated rings. The minimum absolute atomic E-state index is 0.0305. The zero-order chi connectivity index (χ0) is 24.9. The number of hydrogen-bond donors (Lipinski definition) is 3. The molecule has 0 spiro atoms. The lowest BCUT2D eigenvalue weighted by molar-refractivity contribution is -0.118. The molecule has 3 saturated carbocycles. The highest BCUT2D eigenvalue weighted by molar-refractivity contribution is 6.32. The van der Waals surface area contributed by atoms with Crippen molar-refractivity contribution in [1.29, 1.82) is 0 Å². The van der Waals surface area contributed by atoms with Crippen LogP contribution in [0, 0.1) is 12.3 Å². The van der Waals surface area contributed by atoms with E-state index in [1.54, 1.807) is 6.20 Å². The second-order valence-electron chi connectivity index (χ2n) is 10.6. The van der Waals surface area contributed by atoms with Crippen molar-refractivity contribution in [2.24, 2.45) is 5.41 Å². The SMILES string of the molecule is Cc1ccc2ncc(Cl)c(CC(O)C34CCC(NCc5ccc6c(n5)NC(=O)CO6)(CC3)CC4)c2n1. The first-order valence-corrected chi connectivity index (χ1v) is 13.0. The van der Waals surface area contributed by atoms with Gasteiger partial charge in [-0.2, -0.15) is 0 Å². The van der Waals surface area contributed by atoms with E-state index in [0.717, 1.165) is 66.5 Å². The fourth-order valence-corrected chi connectivity index (χ4v) is 6.37. The van der Waals surface area contributed by atoms with Crippen molar-refractivity contribution in [2.75, 3.05) is 11.9 Å². The van der Waals surface area contributed by atoms with Gasteiger partial charge in [0.05, 0.1) is 27.9 Å². The largest absolute Gasteiger partial charge is 0.480 e. The molecule has 3 aromatic heterocycles. The summed E-state index contributed by atoms with van der Waals surface area (Å²) in [4.78, 5) is 25.3. The number of carbonyl (C=O) groups is 1. The molecule has 3 aliphatic carbocycles. The topological polar surface area (TPSA) is 109 Å². The van der Waals surface area contributed by atoms with Crippen molar-refractivity contribution < 1.29 is 14.6 Å². The Morgan fingerprint density at radius 2 is 1.92 bits per heavy atom. The van der Waals surface area contributed by atoms with Gasteiger partial charge in [-0.15, -0.1) is 0 Å².